The normalized spacial score (nSPS) is 19.6. The largest absolute Gasteiger partial charge is 0.337 e. The predicted molar refractivity (Wildman–Crippen MR) is 87.3 cm³/mol. The van der Waals surface area contributed by atoms with Gasteiger partial charge in [-0.25, -0.2) is 13.1 Å². The van der Waals surface area contributed by atoms with E-state index in [-0.39, 0.29) is 11.9 Å². The monoisotopic (exact) mass is 367 g/mol. The number of hydrogen-bond donors (Lipinski definition) is 0. The van der Waals surface area contributed by atoms with E-state index < -0.39 is 10.0 Å². The van der Waals surface area contributed by atoms with E-state index in [0.717, 1.165) is 25.9 Å². The highest BCUT2D eigenvalue weighted by molar-refractivity contribution is 7.91. The standard InChI is InChI=1S/C14H17N5O3S2/c20-14(17-5-1-2-6-17)12-10-19(16-15-12)11-8-18(9-11)24(21,22)13-4-3-7-23-13/h3-4,7,10-11H,1-2,5-6,8-9H2. The van der Waals surface area contributed by atoms with E-state index in [4.69, 9.17) is 0 Å². The molecule has 4 heterocycles. The van der Waals surface area contributed by atoms with E-state index in [9.17, 15) is 13.2 Å². The molecule has 0 spiro atoms. The minimum absolute atomic E-state index is 0.0765. The van der Waals surface area contributed by atoms with Gasteiger partial charge in [0.2, 0.25) is 0 Å². The molecule has 0 unspecified atom stereocenters. The van der Waals surface area contributed by atoms with Crippen LogP contribution in [-0.4, -0.2) is 64.7 Å². The van der Waals surface area contributed by atoms with Crippen molar-refractivity contribution in [1.82, 2.24) is 24.2 Å². The third-order valence-electron chi connectivity index (χ3n) is 4.41. The molecule has 8 nitrogen and oxygen atoms in total. The van der Waals surface area contributed by atoms with Gasteiger partial charge in [-0.05, 0) is 24.3 Å². The van der Waals surface area contributed by atoms with Gasteiger partial charge in [0.1, 0.15) is 4.21 Å². The minimum atomic E-state index is -3.41. The second kappa shape index (κ2) is 5.94. The molecule has 0 N–H and O–H groups in total. The van der Waals surface area contributed by atoms with Crippen molar-refractivity contribution in [3.05, 3.63) is 29.4 Å². The molecule has 0 saturated carbocycles. The summed E-state index contributed by atoms with van der Waals surface area (Å²) >= 11 is 1.21. The molecule has 0 atom stereocenters. The van der Waals surface area contributed by atoms with Gasteiger partial charge in [-0.3, -0.25) is 4.79 Å². The number of nitrogens with zero attached hydrogens (tertiary/aromatic N) is 5. The molecule has 2 aliphatic heterocycles. The number of likely N-dealkylation sites (tertiary alicyclic amines) is 1. The smallest absolute Gasteiger partial charge is 0.276 e. The van der Waals surface area contributed by atoms with Crippen molar-refractivity contribution in [3.63, 3.8) is 0 Å². The molecule has 0 bridgehead atoms. The Balaban J connectivity index is 1.42. The average Bonchev–Trinajstić information content (AvgIpc) is 3.26. The van der Waals surface area contributed by atoms with Gasteiger partial charge in [-0.2, -0.15) is 4.31 Å². The van der Waals surface area contributed by atoms with Crippen LogP contribution in [0.4, 0.5) is 0 Å². The maximum absolute atomic E-state index is 12.4. The average molecular weight is 367 g/mol. The van der Waals surface area contributed by atoms with Crippen LogP contribution in [0.1, 0.15) is 29.4 Å². The van der Waals surface area contributed by atoms with Gasteiger partial charge in [-0.15, -0.1) is 16.4 Å². The molecule has 10 heteroatoms. The van der Waals surface area contributed by atoms with Crippen LogP contribution in [0.3, 0.4) is 0 Å². The van der Waals surface area contributed by atoms with Crippen LogP contribution in [0, 0.1) is 0 Å². The van der Waals surface area contributed by atoms with Gasteiger partial charge in [0.15, 0.2) is 5.69 Å². The van der Waals surface area contributed by atoms with Gasteiger partial charge in [-0.1, -0.05) is 11.3 Å². The molecule has 0 aliphatic carbocycles. The van der Waals surface area contributed by atoms with Crippen LogP contribution in [0.2, 0.25) is 0 Å². The molecule has 1 amide bonds. The molecule has 2 aromatic rings. The van der Waals surface area contributed by atoms with Crippen molar-refractivity contribution < 1.29 is 13.2 Å². The van der Waals surface area contributed by atoms with Crippen LogP contribution in [0.5, 0.6) is 0 Å². The Morgan fingerprint density at radius 1 is 1.25 bits per heavy atom. The van der Waals surface area contributed by atoms with Crippen molar-refractivity contribution in [2.75, 3.05) is 26.2 Å². The van der Waals surface area contributed by atoms with Crippen LogP contribution in [0.25, 0.3) is 0 Å². The van der Waals surface area contributed by atoms with Gasteiger partial charge in [0.25, 0.3) is 15.9 Å². The molecule has 2 saturated heterocycles. The minimum Gasteiger partial charge on any atom is -0.337 e. The number of aromatic nitrogens is 3. The van der Waals surface area contributed by atoms with Crippen molar-refractivity contribution in [3.8, 4) is 0 Å². The lowest BCUT2D eigenvalue weighted by atomic mass is 10.2. The number of rotatable bonds is 4. The summed E-state index contributed by atoms with van der Waals surface area (Å²) in [4.78, 5) is 14.1. The third kappa shape index (κ3) is 2.64. The molecular weight excluding hydrogens is 350 g/mol. The molecule has 0 radical (unpaired) electrons. The van der Waals surface area contributed by atoms with Gasteiger partial charge < -0.3 is 4.90 Å². The number of carbonyl (C=O) groups is 1. The van der Waals surface area contributed by atoms with Crippen molar-refractivity contribution in [2.45, 2.75) is 23.1 Å². The van der Waals surface area contributed by atoms with E-state index in [1.807, 2.05) is 0 Å². The summed E-state index contributed by atoms with van der Waals surface area (Å²) in [6.45, 7) is 2.23. The Labute approximate surface area is 143 Å². The van der Waals surface area contributed by atoms with Crippen molar-refractivity contribution >= 4 is 27.3 Å². The maximum Gasteiger partial charge on any atom is 0.276 e. The van der Waals surface area contributed by atoms with E-state index in [2.05, 4.69) is 10.3 Å². The zero-order valence-corrected chi connectivity index (χ0v) is 14.5. The second-order valence-corrected chi connectivity index (χ2v) is 9.10. The number of amides is 1. The maximum atomic E-state index is 12.4. The van der Waals surface area contributed by atoms with Crippen LogP contribution >= 0.6 is 11.3 Å². The van der Waals surface area contributed by atoms with Crippen LogP contribution < -0.4 is 0 Å². The van der Waals surface area contributed by atoms with Crippen molar-refractivity contribution in [2.24, 2.45) is 0 Å². The van der Waals surface area contributed by atoms with E-state index in [0.29, 0.717) is 23.0 Å². The highest BCUT2D eigenvalue weighted by Gasteiger charge is 2.39. The first kappa shape index (κ1) is 15.7. The lowest BCUT2D eigenvalue weighted by molar-refractivity contribution is 0.0786. The molecule has 4 rings (SSSR count). The first-order valence-corrected chi connectivity index (χ1v) is 10.1. The first-order chi connectivity index (χ1) is 11.6. The lowest BCUT2D eigenvalue weighted by Gasteiger charge is -2.37. The highest BCUT2D eigenvalue weighted by atomic mass is 32.2. The second-order valence-electron chi connectivity index (χ2n) is 5.99. The zero-order valence-electron chi connectivity index (χ0n) is 12.9. The van der Waals surface area contributed by atoms with E-state index in [1.54, 1.807) is 33.3 Å². The molecular formula is C14H17N5O3S2. The van der Waals surface area contributed by atoms with Gasteiger partial charge in [0, 0.05) is 26.2 Å². The summed E-state index contributed by atoms with van der Waals surface area (Å²) in [5, 5.41) is 9.71. The quantitative estimate of drug-likeness (QED) is 0.798. The van der Waals surface area contributed by atoms with Gasteiger partial charge >= 0.3 is 0 Å². The summed E-state index contributed by atoms with van der Waals surface area (Å²) < 4.78 is 28.1. The van der Waals surface area contributed by atoms with Crippen LogP contribution in [-0.2, 0) is 10.0 Å². The predicted octanol–water partition coefficient (Wildman–Crippen LogP) is 0.821. The third-order valence-corrected chi connectivity index (χ3v) is 7.62. The van der Waals surface area contributed by atoms with E-state index in [1.165, 1.54) is 15.6 Å². The Kier molecular flexibility index (Phi) is 3.89. The summed E-state index contributed by atoms with van der Waals surface area (Å²) in [6.07, 6.45) is 3.68. The fourth-order valence-corrected chi connectivity index (χ4v) is 5.61. The summed E-state index contributed by atoms with van der Waals surface area (Å²) in [5.41, 5.74) is 0.330. The lowest BCUT2D eigenvalue weighted by Crippen LogP contribution is -2.50. The summed E-state index contributed by atoms with van der Waals surface area (Å²) in [6, 6.07) is 3.25. The summed E-state index contributed by atoms with van der Waals surface area (Å²) in [7, 11) is -3.41. The van der Waals surface area contributed by atoms with Crippen molar-refractivity contribution in [1.29, 1.82) is 0 Å². The van der Waals surface area contributed by atoms with E-state index >= 15 is 0 Å². The topological polar surface area (TPSA) is 88.4 Å². The molecule has 128 valence electrons. The molecule has 2 fully saturated rings. The Morgan fingerprint density at radius 3 is 2.67 bits per heavy atom. The number of sulfonamides is 1. The zero-order chi connectivity index (χ0) is 16.7. The Bertz CT molecular complexity index is 834. The summed E-state index contributed by atoms with van der Waals surface area (Å²) in [5.74, 6) is -0.0962. The fraction of sp³-hybridized carbons (Fsp3) is 0.500. The number of hydrogen-bond acceptors (Lipinski definition) is 6. The number of thiophene rings is 1. The molecule has 2 aliphatic rings. The highest BCUT2D eigenvalue weighted by Crippen LogP contribution is 2.29. The van der Waals surface area contributed by atoms with Crippen LogP contribution in [0.15, 0.2) is 27.9 Å². The fourth-order valence-electron chi connectivity index (χ4n) is 2.95. The number of carbonyl (C=O) groups excluding carboxylic acids is 1. The molecule has 0 aromatic carbocycles. The molecule has 2 aromatic heterocycles. The first-order valence-electron chi connectivity index (χ1n) is 7.80. The molecule has 24 heavy (non-hydrogen) atoms. The van der Waals surface area contributed by atoms with Gasteiger partial charge in [0.05, 0.1) is 12.2 Å². The Morgan fingerprint density at radius 2 is 2.00 bits per heavy atom. The SMILES string of the molecule is O=C(c1cn(C2CN(S(=O)(=O)c3cccs3)C2)nn1)N1CCCC1. The Hall–Kier alpha value is -1.78.